The minimum atomic E-state index is -0.491. The number of rotatable bonds is 6. The zero-order valence-corrected chi connectivity index (χ0v) is 15.9. The summed E-state index contributed by atoms with van der Waals surface area (Å²) in [6.45, 7) is 2.58. The van der Waals surface area contributed by atoms with Gasteiger partial charge in [-0.2, -0.15) is 0 Å². The number of aryl methyl sites for hydroxylation is 1. The molecule has 2 aromatic heterocycles. The summed E-state index contributed by atoms with van der Waals surface area (Å²) in [6.07, 6.45) is 1.52. The summed E-state index contributed by atoms with van der Waals surface area (Å²) in [5.74, 6) is 0.940. The molecule has 3 N–H and O–H groups in total. The number of hydrogen-bond donors (Lipinski definition) is 3. The summed E-state index contributed by atoms with van der Waals surface area (Å²) >= 11 is 1.46. The number of furan rings is 1. The molecule has 28 heavy (non-hydrogen) atoms. The number of aromatic nitrogens is 2. The van der Waals surface area contributed by atoms with Crippen molar-refractivity contribution in [3.63, 3.8) is 0 Å². The van der Waals surface area contributed by atoms with Gasteiger partial charge in [-0.15, -0.1) is 0 Å². The maximum Gasteiger partial charge on any atom is 0.326 e. The number of aromatic hydroxyl groups is 1. The van der Waals surface area contributed by atoms with Gasteiger partial charge in [-0.3, -0.25) is 9.97 Å². The summed E-state index contributed by atoms with van der Waals surface area (Å²) < 4.78 is 11.3. The molecular formula is C21H18N2O4S. The first-order chi connectivity index (χ1) is 13.6. The molecule has 4 rings (SSSR count). The van der Waals surface area contributed by atoms with Crippen molar-refractivity contribution < 1.29 is 14.3 Å². The highest BCUT2D eigenvalue weighted by Gasteiger charge is 2.17. The van der Waals surface area contributed by atoms with Crippen LogP contribution in [0.2, 0.25) is 0 Å². The van der Waals surface area contributed by atoms with Gasteiger partial charge in [0, 0.05) is 4.90 Å². The largest absolute Gasteiger partial charge is 0.493 e. The normalized spacial score (nSPS) is 10.9. The van der Waals surface area contributed by atoms with E-state index in [1.54, 1.807) is 6.07 Å². The fourth-order valence-corrected chi connectivity index (χ4v) is 3.66. The lowest BCUT2D eigenvalue weighted by atomic mass is 10.1. The SMILES string of the molecule is Cc1ccccc1COc1ccc(Sc2ccoc2-c2[nH]c(=O)[nH]c2O)cc1. The van der Waals surface area contributed by atoms with Gasteiger partial charge in [-0.25, -0.2) is 4.79 Å². The van der Waals surface area contributed by atoms with Gasteiger partial charge in [-0.1, -0.05) is 36.0 Å². The van der Waals surface area contributed by atoms with Crippen LogP contribution in [0.1, 0.15) is 11.1 Å². The third-order valence-electron chi connectivity index (χ3n) is 4.27. The molecule has 0 saturated carbocycles. The number of imidazole rings is 1. The number of nitrogens with one attached hydrogen (secondary N) is 2. The molecule has 142 valence electrons. The van der Waals surface area contributed by atoms with Crippen molar-refractivity contribution in [1.82, 2.24) is 9.97 Å². The number of H-pyrrole nitrogens is 2. The van der Waals surface area contributed by atoms with Crippen molar-refractivity contribution >= 4 is 11.8 Å². The first-order valence-electron chi connectivity index (χ1n) is 8.64. The quantitative estimate of drug-likeness (QED) is 0.441. The molecule has 0 atom stereocenters. The molecule has 0 fully saturated rings. The predicted octanol–water partition coefficient (Wildman–Crippen LogP) is 4.71. The maximum atomic E-state index is 11.4. The Labute approximate surface area is 165 Å². The van der Waals surface area contributed by atoms with Crippen LogP contribution >= 0.6 is 11.8 Å². The summed E-state index contributed by atoms with van der Waals surface area (Å²) in [5.41, 5.74) is 2.10. The van der Waals surface area contributed by atoms with E-state index in [-0.39, 0.29) is 11.6 Å². The fraction of sp³-hybridized carbons (Fsp3) is 0.0952. The van der Waals surface area contributed by atoms with Crippen LogP contribution < -0.4 is 10.4 Å². The minimum Gasteiger partial charge on any atom is -0.493 e. The van der Waals surface area contributed by atoms with Gasteiger partial charge in [0.2, 0.25) is 5.88 Å². The molecule has 0 unspecified atom stereocenters. The summed E-state index contributed by atoms with van der Waals surface area (Å²) in [5, 5.41) is 9.83. The van der Waals surface area contributed by atoms with Crippen LogP contribution in [0.4, 0.5) is 0 Å². The van der Waals surface area contributed by atoms with Gasteiger partial charge in [0.25, 0.3) is 0 Å². The average molecular weight is 394 g/mol. The van der Waals surface area contributed by atoms with Gasteiger partial charge in [0.1, 0.15) is 18.1 Å². The van der Waals surface area contributed by atoms with Crippen molar-refractivity contribution in [3.05, 3.63) is 82.5 Å². The molecule has 0 aliphatic rings. The maximum absolute atomic E-state index is 11.4. The minimum absolute atomic E-state index is 0.232. The van der Waals surface area contributed by atoms with Crippen molar-refractivity contribution in [2.75, 3.05) is 0 Å². The first-order valence-corrected chi connectivity index (χ1v) is 9.46. The molecule has 0 bridgehead atoms. The van der Waals surface area contributed by atoms with Crippen LogP contribution in [-0.4, -0.2) is 15.1 Å². The van der Waals surface area contributed by atoms with Gasteiger partial charge < -0.3 is 14.3 Å². The number of ether oxygens (including phenoxy) is 1. The Hall–Kier alpha value is -3.32. The summed E-state index contributed by atoms with van der Waals surface area (Å²) in [6, 6.07) is 17.7. The van der Waals surface area contributed by atoms with Crippen LogP contribution in [0.5, 0.6) is 11.6 Å². The lowest BCUT2D eigenvalue weighted by molar-refractivity contribution is 0.305. The standard InChI is InChI=1S/C21H18N2O4S/c1-13-4-2-3-5-14(13)12-27-15-6-8-16(9-7-15)28-17-10-11-26-19(17)18-20(24)23-21(25)22-18/h2-11,24H,12H2,1H3,(H2,22,23,25). The van der Waals surface area contributed by atoms with E-state index in [4.69, 9.17) is 9.15 Å². The number of hydrogen-bond acceptors (Lipinski definition) is 5. The van der Waals surface area contributed by atoms with Crippen molar-refractivity contribution in [3.8, 4) is 23.1 Å². The van der Waals surface area contributed by atoms with E-state index in [1.165, 1.54) is 23.6 Å². The number of benzene rings is 2. The van der Waals surface area contributed by atoms with Gasteiger partial charge in [-0.05, 0) is 48.4 Å². The molecule has 2 aromatic carbocycles. The summed E-state index contributed by atoms with van der Waals surface area (Å²) in [7, 11) is 0. The average Bonchev–Trinajstić information content (AvgIpc) is 3.27. The monoisotopic (exact) mass is 394 g/mol. The Bertz CT molecular complexity index is 1140. The highest BCUT2D eigenvalue weighted by molar-refractivity contribution is 7.99. The van der Waals surface area contributed by atoms with Crippen LogP contribution in [0.15, 0.2) is 79.9 Å². The zero-order valence-electron chi connectivity index (χ0n) is 15.1. The molecule has 0 saturated heterocycles. The second kappa shape index (κ2) is 7.74. The Kier molecular flexibility index (Phi) is 4.99. The van der Waals surface area contributed by atoms with Gasteiger partial charge >= 0.3 is 5.69 Å². The summed E-state index contributed by atoms with van der Waals surface area (Å²) in [4.78, 5) is 17.9. The van der Waals surface area contributed by atoms with E-state index in [0.29, 0.717) is 12.4 Å². The van der Waals surface area contributed by atoms with E-state index in [9.17, 15) is 9.90 Å². The lowest BCUT2D eigenvalue weighted by Gasteiger charge is -2.09. The third kappa shape index (κ3) is 3.84. The molecule has 6 nitrogen and oxygen atoms in total. The van der Waals surface area contributed by atoms with Gasteiger partial charge in [0.05, 0.1) is 11.2 Å². The van der Waals surface area contributed by atoms with Crippen molar-refractivity contribution in [2.45, 2.75) is 23.3 Å². The molecule has 2 heterocycles. The van der Waals surface area contributed by atoms with Gasteiger partial charge in [0.15, 0.2) is 5.76 Å². The van der Waals surface area contributed by atoms with Crippen LogP contribution in [0.25, 0.3) is 11.5 Å². The molecule has 0 aliphatic carbocycles. The second-order valence-corrected chi connectivity index (χ2v) is 7.32. The third-order valence-corrected chi connectivity index (χ3v) is 5.32. The Morgan fingerprint density at radius 3 is 2.57 bits per heavy atom. The molecule has 4 aromatic rings. The van der Waals surface area contributed by atoms with Crippen LogP contribution in [-0.2, 0) is 6.61 Å². The van der Waals surface area contributed by atoms with E-state index in [2.05, 4.69) is 29.0 Å². The van der Waals surface area contributed by atoms with Crippen LogP contribution in [0.3, 0.4) is 0 Å². The molecule has 0 amide bonds. The Morgan fingerprint density at radius 1 is 1.07 bits per heavy atom. The molecule has 0 aliphatic heterocycles. The lowest BCUT2D eigenvalue weighted by Crippen LogP contribution is -2.00. The Balaban J connectivity index is 1.46. The van der Waals surface area contributed by atoms with E-state index in [0.717, 1.165) is 21.1 Å². The van der Waals surface area contributed by atoms with E-state index < -0.39 is 5.69 Å². The molecular weight excluding hydrogens is 376 g/mol. The second-order valence-electron chi connectivity index (χ2n) is 6.21. The highest BCUT2D eigenvalue weighted by atomic mass is 32.2. The smallest absolute Gasteiger partial charge is 0.326 e. The molecule has 7 heteroatoms. The first kappa shape index (κ1) is 18.1. The van der Waals surface area contributed by atoms with Crippen molar-refractivity contribution in [2.24, 2.45) is 0 Å². The fourth-order valence-electron chi connectivity index (χ4n) is 2.76. The zero-order chi connectivity index (χ0) is 19.5. The van der Waals surface area contributed by atoms with E-state index in [1.807, 2.05) is 36.4 Å². The highest BCUT2D eigenvalue weighted by Crippen LogP contribution is 2.38. The molecule has 0 radical (unpaired) electrons. The number of aromatic amines is 2. The van der Waals surface area contributed by atoms with Crippen LogP contribution in [0, 0.1) is 6.92 Å². The van der Waals surface area contributed by atoms with Crippen molar-refractivity contribution in [1.29, 1.82) is 0 Å². The topological polar surface area (TPSA) is 91.2 Å². The Morgan fingerprint density at radius 2 is 1.86 bits per heavy atom. The predicted molar refractivity (Wildman–Crippen MR) is 107 cm³/mol. The molecule has 0 spiro atoms. The van der Waals surface area contributed by atoms with E-state index >= 15 is 0 Å².